The van der Waals surface area contributed by atoms with Crippen LogP contribution in [0.3, 0.4) is 0 Å². The zero-order valence-corrected chi connectivity index (χ0v) is 5.89. The van der Waals surface area contributed by atoms with Gasteiger partial charge >= 0.3 is 0 Å². The van der Waals surface area contributed by atoms with Gasteiger partial charge in [0.05, 0.1) is 17.8 Å². The fourth-order valence-electron chi connectivity index (χ4n) is 0.346. The summed E-state index contributed by atoms with van der Waals surface area (Å²) in [5.74, 6) is 0.317. The van der Waals surface area contributed by atoms with Crippen LogP contribution in [0.1, 0.15) is 5.69 Å². The summed E-state index contributed by atoms with van der Waals surface area (Å²) in [5.41, 5.74) is 0.626. The molecule has 5 heteroatoms. The van der Waals surface area contributed by atoms with Crippen molar-refractivity contribution in [1.82, 2.24) is 15.2 Å². The molecule has 1 aromatic rings. The Balaban J connectivity index is 2.88. The van der Waals surface area contributed by atoms with Crippen molar-refractivity contribution in [1.29, 1.82) is 0 Å². The molecule has 0 saturated heterocycles. The largest absolute Gasteiger partial charge is 0.242 e. The summed E-state index contributed by atoms with van der Waals surface area (Å²) in [6.07, 6.45) is 1.49. The molecule has 0 aliphatic rings. The van der Waals surface area contributed by atoms with E-state index in [0.29, 0.717) is 11.6 Å². The molecule has 0 fully saturated rings. The van der Waals surface area contributed by atoms with Crippen LogP contribution >= 0.6 is 23.2 Å². The Bertz CT molecular complexity index is 186. The molecule has 0 bridgehead atoms. The Labute approximate surface area is 62.0 Å². The normalized spacial score (nSPS) is 9.56. The van der Waals surface area contributed by atoms with Crippen LogP contribution in [0.15, 0.2) is 6.20 Å². The van der Waals surface area contributed by atoms with E-state index in [-0.39, 0.29) is 5.28 Å². The van der Waals surface area contributed by atoms with Crippen LogP contribution in [0.25, 0.3) is 0 Å². The van der Waals surface area contributed by atoms with Gasteiger partial charge in [-0.3, -0.25) is 0 Å². The molecule has 0 unspecified atom stereocenters. The number of alkyl halides is 1. The van der Waals surface area contributed by atoms with Crippen LogP contribution in [0.2, 0.25) is 5.28 Å². The maximum absolute atomic E-state index is 5.39. The number of halogens is 2. The first kappa shape index (κ1) is 6.71. The molecule has 0 radical (unpaired) electrons. The third-order valence-corrected chi connectivity index (χ3v) is 1.16. The molecular formula is C4H3Cl2N3. The SMILES string of the molecule is ClCc1cnc(Cl)nn1. The zero-order chi connectivity index (χ0) is 6.69. The van der Waals surface area contributed by atoms with Crippen LogP contribution in [0.5, 0.6) is 0 Å². The first-order chi connectivity index (χ1) is 4.33. The highest BCUT2D eigenvalue weighted by molar-refractivity contribution is 6.28. The van der Waals surface area contributed by atoms with Crippen molar-refractivity contribution in [3.05, 3.63) is 17.2 Å². The molecule has 0 aromatic carbocycles. The average molecular weight is 164 g/mol. The predicted molar refractivity (Wildman–Crippen MR) is 34.4 cm³/mol. The number of hydrogen-bond acceptors (Lipinski definition) is 3. The van der Waals surface area contributed by atoms with Gasteiger partial charge in [0.25, 0.3) is 0 Å². The van der Waals surface area contributed by atoms with Crippen LogP contribution in [-0.4, -0.2) is 15.2 Å². The van der Waals surface area contributed by atoms with Crippen molar-refractivity contribution in [2.24, 2.45) is 0 Å². The lowest BCUT2D eigenvalue weighted by Gasteiger charge is -1.88. The van der Waals surface area contributed by atoms with Gasteiger partial charge in [-0.1, -0.05) is 0 Å². The minimum absolute atomic E-state index is 0.142. The summed E-state index contributed by atoms with van der Waals surface area (Å²) in [7, 11) is 0. The van der Waals surface area contributed by atoms with E-state index < -0.39 is 0 Å². The third kappa shape index (κ3) is 1.77. The second kappa shape index (κ2) is 2.94. The molecule has 0 N–H and O–H groups in total. The van der Waals surface area contributed by atoms with E-state index in [1.807, 2.05) is 0 Å². The first-order valence-corrected chi connectivity index (χ1v) is 3.14. The number of hydrogen-bond donors (Lipinski definition) is 0. The Hall–Kier alpha value is -0.410. The number of aromatic nitrogens is 3. The van der Waals surface area contributed by atoms with E-state index in [0.717, 1.165) is 0 Å². The Morgan fingerprint density at radius 2 is 2.22 bits per heavy atom. The third-order valence-electron chi connectivity index (χ3n) is 0.718. The van der Waals surface area contributed by atoms with Crippen molar-refractivity contribution in [3.63, 3.8) is 0 Å². The zero-order valence-electron chi connectivity index (χ0n) is 4.38. The van der Waals surface area contributed by atoms with E-state index in [4.69, 9.17) is 23.2 Å². The summed E-state index contributed by atoms with van der Waals surface area (Å²) in [4.78, 5) is 3.66. The molecule has 0 saturated carbocycles. The van der Waals surface area contributed by atoms with Gasteiger partial charge in [-0.2, -0.15) is 0 Å². The van der Waals surface area contributed by atoms with Crippen molar-refractivity contribution in [3.8, 4) is 0 Å². The minimum atomic E-state index is 0.142. The first-order valence-electron chi connectivity index (χ1n) is 2.23. The van der Waals surface area contributed by atoms with Gasteiger partial charge in [0, 0.05) is 0 Å². The van der Waals surface area contributed by atoms with E-state index in [1.54, 1.807) is 0 Å². The molecule has 0 aliphatic carbocycles. The standard InChI is InChI=1S/C4H3Cl2N3/c5-1-3-2-7-4(6)9-8-3/h2H,1H2. The van der Waals surface area contributed by atoms with Gasteiger partial charge in [0.1, 0.15) is 0 Å². The van der Waals surface area contributed by atoms with Gasteiger partial charge in [0.2, 0.25) is 5.28 Å². The lowest BCUT2D eigenvalue weighted by molar-refractivity contribution is 0.917. The summed E-state index contributed by atoms with van der Waals surface area (Å²) in [6, 6.07) is 0. The Morgan fingerprint density at radius 1 is 1.44 bits per heavy atom. The van der Waals surface area contributed by atoms with Crippen LogP contribution < -0.4 is 0 Å². The lowest BCUT2D eigenvalue weighted by Crippen LogP contribution is -1.91. The smallest absolute Gasteiger partial charge is 0.223 e. The van der Waals surface area contributed by atoms with Crippen molar-refractivity contribution < 1.29 is 0 Å². The Morgan fingerprint density at radius 3 is 2.67 bits per heavy atom. The van der Waals surface area contributed by atoms with E-state index in [1.165, 1.54) is 6.20 Å². The summed E-state index contributed by atoms with van der Waals surface area (Å²) in [6.45, 7) is 0. The van der Waals surface area contributed by atoms with Crippen LogP contribution in [0.4, 0.5) is 0 Å². The van der Waals surface area contributed by atoms with Crippen molar-refractivity contribution in [2.75, 3.05) is 0 Å². The summed E-state index contributed by atoms with van der Waals surface area (Å²) >= 11 is 10.7. The van der Waals surface area contributed by atoms with Gasteiger partial charge in [-0.05, 0) is 11.6 Å². The predicted octanol–water partition coefficient (Wildman–Crippen LogP) is 1.26. The van der Waals surface area contributed by atoms with Crippen molar-refractivity contribution >= 4 is 23.2 Å². The second-order valence-electron chi connectivity index (χ2n) is 1.35. The molecule has 9 heavy (non-hydrogen) atoms. The van der Waals surface area contributed by atoms with Gasteiger partial charge < -0.3 is 0 Å². The fraction of sp³-hybridized carbons (Fsp3) is 0.250. The highest BCUT2D eigenvalue weighted by atomic mass is 35.5. The van der Waals surface area contributed by atoms with E-state index >= 15 is 0 Å². The number of rotatable bonds is 1. The molecule has 1 heterocycles. The van der Waals surface area contributed by atoms with Gasteiger partial charge in [0.15, 0.2) is 0 Å². The second-order valence-corrected chi connectivity index (χ2v) is 1.96. The fourth-order valence-corrected chi connectivity index (χ4v) is 0.555. The molecule has 0 amide bonds. The molecule has 0 atom stereocenters. The van der Waals surface area contributed by atoms with Gasteiger partial charge in [-0.25, -0.2) is 4.98 Å². The van der Waals surface area contributed by atoms with Gasteiger partial charge in [-0.15, -0.1) is 21.8 Å². The molecule has 1 rings (SSSR count). The minimum Gasteiger partial charge on any atom is -0.223 e. The highest BCUT2D eigenvalue weighted by Crippen LogP contribution is 1.98. The maximum Gasteiger partial charge on any atom is 0.242 e. The average Bonchev–Trinajstić information content (AvgIpc) is 1.90. The Kier molecular flexibility index (Phi) is 2.19. The molecule has 3 nitrogen and oxygen atoms in total. The maximum atomic E-state index is 5.39. The van der Waals surface area contributed by atoms with E-state index in [9.17, 15) is 0 Å². The van der Waals surface area contributed by atoms with Crippen molar-refractivity contribution in [2.45, 2.75) is 5.88 Å². The van der Waals surface area contributed by atoms with Crippen LogP contribution in [-0.2, 0) is 5.88 Å². The molecule has 0 spiro atoms. The highest BCUT2D eigenvalue weighted by Gasteiger charge is 1.92. The summed E-state index contributed by atoms with van der Waals surface area (Å²) < 4.78 is 0. The summed E-state index contributed by atoms with van der Waals surface area (Å²) in [5, 5.41) is 7.23. The van der Waals surface area contributed by atoms with E-state index in [2.05, 4.69) is 15.2 Å². The molecule has 0 aliphatic heterocycles. The molecular weight excluding hydrogens is 161 g/mol. The quantitative estimate of drug-likeness (QED) is 0.586. The molecule has 1 aromatic heterocycles. The lowest BCUT2D eigenvalue weighted by atomic mass is 10.5. The van der Waals surface area contributed by atoms with Crippen LogP contribution in [0, 0.1) is 0 Å². The monoisotopic (exact) mass is 163 g/mol. The molecule has 48 valence electrons. The topological polar surface area (TPSA) is 38.7 Å². The number of nitrogens with zero attached hydrogens (tertiary/aromatic N) is 3.